The monoisotopic (exact) mass is 189 g/mol. The Balaban J connectivity index is 2.39. The van der Waals surface area contributed by atoms with Crippen molar-refractivity contribution in [2.45, 2.75) is 39.2 Å². The first-order valence-corrected chi connectivity index (χ1v) is 5.41. The molecule has 0 aliphatic rings. The van der Waals surface area contributed by atoms with Gasteiger partial charge in [-0.25, -0.2) is 0 Å². The van der Waals surface area contributed by atoms with Crippen molar-refractivity contribution >= 4 is 6.21 Å². The number of unbranched alkanes of at least 4 members (excludes halogenated alkanes) is 1. The lowest BCUT2D eigenvalue weighted by Gasteiger charge is -2.03. The van der Waals surface area contributed by atoms with Crippen LogP contribution in [-0.2, 0) is 0 Å². The Morgan fingerprint density at radius 3 is 2.64 bits per heavy atom. The number of benzene rings is 1. The van der Waals surface area contributed by atoms with E-state index in [4.69, 9.17) is 0 Å². The molecule has 0 saturated heterocycles. The molecule has 1 heteroatoms. The van der Waals surface area contributed by atoms with Gasteiger partial charge < -0.3 is 0 Å². The van der Waals surface area contributed by atoms with Crippen LogP contribution in [0.2, 0.25) is 0 Å². The first-order valence-electron chi connectivity index (χ1n) is 5.41. The fourth-order valence-electron chi connectivity index (χ4n) is 1.33. The molecule has 0 aliphatic heterocycles. The topological polar surface area (TPSA) is 12.4 Å². The van der Waals surface area contributed by atoms with Crippen LogP contribution in [0.3, 0.4) is 0 Å². The maximum Gasteiger partial charge on any atom is 0.0471 e. The van der Waals surface area contributed by atoms with E-state index in [-0.39, 0.29) is 0 Å². The van der Waals surface area contributed by atoms with Crippen LogP contribution >= 0.6 is 0 Å². The Bertz CT molecular complexity index is 264. The molecule has 0 radical (unpaired) electrons. The van der Waals surface area contributed by atoms with Gasteiger partial charge in [0, 0.05) is 12.3 Å². The summed E-state index contributed by atoms with van der Waals surface area (Å²) in [6, 6.07) is 10.7. The average Bonchev–Trinajstić information content (AvgIpc) is 2.25. The zero-order chi connectivity index (χ0) is 10.2. The van der Waals surface area contributed by atoms with Crippen molar-refractivity contribution < 1.29 is 0 Å². The average molecular weight is 189 g/mol. The van der Waals surface area contributed by atoms with Crippen LogP contribution in [0.25, 0.3) is 0 Å². The smallest absolute Gasteiger partial charge is 0.0471 e. The van der Waals surface area contributed by atoms with Gasteiger partial charge >= 0.3 is 0 Å². The van der Waals surface area contributed by atoms with E-state index < -0.39 is 0 Å². The van der Waals surface area contributed by atoms with E-state index in [9.17, 15) is 0 Å². The minimum absolute atomic E-state index is 0.454. The van der Waals surface area contributed by atoms with Crippen molar-refractivity contribution in [3.63, 3.8) is 0 Å². The van der Waals surface area contributed by atoms with Gasteiger partial charge in [0.1, 0.15) is 0 Å². The second-order valence-electron chi connectivity index (χ2n) is 3.68. The molecule has 0 bridgehead atoms. The molecule has 0 saturated carbocycles. The van der Waals surface area contributed by atoms with Crippen LogP contribution in [0.15, 0.2) is 35.3 Å². The summed E-state index contributed by atoms with van der Waals surface area (Å²) in [6.45, 7) is 4.39. The van der Waals surface area contributed by atoms with Crippen molar-refractivity contribution in [3.05, 3.63) is 35.9 Å². The standard InChI is InChI=1S/C13H19N/c1-3-4-8-12(2)14-11-13-9-6-5-7-10-13/h5-7,9-12H,3-4,8H2,1-2H3/b14-11+. The van der Waals surface area contributed by atoms with E-state index in [2.05, 4.69) is 31.0 Å². The normalized spacial score (nSPS) is 13.3. The van der Waals surface area contributed by atoms with E-state index in [1.807, 2.05) is 24.4 Å². The molecule has 0 aromatic heterocycles. The highest BCUT2D eigenvalue weighted by atomic mass is 14.7. The van der Waals surface area contributed by atoms with Gasteiger partial charge in [-0.15, -0.1) is 0 Å². The Labute approximate surface area is 86.9 Å². The second-order valence-corrected chi connectivity index (χ2v) is 3.68. The lowest BCUT2D eigenvalue weighted by Crippen LogP contribution is -1.97. The van der Waals surface area contributed by atoms with Gasteiger partial charge in [-0.05, 0) is 18.9 Å². The summed E-state index contributed by atoms with van der Waals surface area (Å²) in [5.74, 6) is 0. The largest absolute Gasteiger partial charge is 0.290 e. The number of aliphatic imine (C=N–C) groups is 1. The van der Waals surface area contributed by atoms with Gasteiger partial charge in [0.25, 0.3) is 0 Å². The van der Waals surface area contributed by atoms with Gasteiger partial charge in [-0.2, -0.15) is 0 Å². The zero-order valence-corrected chi connectivity index (χ0v) is 9.11. The van der Waals surface area contributed by atoms with Crippen LogP contribution in [0, 0.1) is 0 Å². The summed E-state index contributed by atoms with van der Waals surface area (Å²) < 4.78 is 0. The van der Waals surface area contributed by atoms with Crippen molar-refractivity contribution in [1.82, 2.24) is 0 Å². The van der Waals surface area contributed by atoms with E-state index >= 15 is 0 Å². The fraction of sp³-hybridized carbons (Fsp3) is 0.462. The fourth-order valence-corrected chi connectivity index (χ4v) is 1.33. The second kappa shape index (κ2) is 6.36. The highest BCUT2D eigenvalue weighted by molar-refractivity contribution is 5.79. The molecule has 0 aliphatic carbocycles. The van der Waals surface area contributed by atoms with Crippen LogP contribution in [0.1, 0.15) is 38.7 Å². The number of hydrogen-bond donors (Lipinski definition) is 0. The lowest BCUT2D eigenvalue weighted by molar-refractivity contribution is 0.619. The predicted molar refractivity (Wildman–Crippen MR) is 63.0 cm³/mol. The number of nitrogens with zero attached hydrogens (tertiary/aromatic N) is 1. The number of rotatable bonds is 5. The summed E-state index contributed by atoms with van der Waals surface area (Å²) in [7, 11) is 0. The molecular weight excluding hydrogens is 170 g/mol. The molecule has 1 rings (SSSR count). The van der Waals surface area contributed by atoms with Crippen LogP contribution < -0.4 is 0 Å². The van der Waals surface area contributed by atoms with Gasteiger partial charge in [-0.1, -0.05) is 50.1 Å². The van der Waals surface area contributed by atoms with Crippen molar-refractivity contribution in [2.24, 2.45) is 4.99 Å². The van der Waals surface area contributed by atoms with Crippen molar-refractivity contribution in [1.29, 1.82) is 0 Å². The van der Waals surface area contributed by atoms with Crippen molar-refractivity contribution in [2.75, 3.05) is 0 Å². The molecular formula is C13H19N. The van der Waals surface area contributed by atoms with Crippen LogP contribution in [0.5, 0.6) is 0 Å². The van der Waals surface area contributed by atoms with Gasteiger partial charge in [0.2, 0.25) is 0 Å². The SMILES string of the molecule is CCCCC(C)/N=C/c1ccccc1. The van der Waals surface area contributed by atoms with Crippen LogP contribution in [0.4, 0.5) is 0 Å². The van der Waals surface area contributed by atoms with Gasteiger partial charge in [0.15, 0.2) is 0 Å². The molecule has 0 N–H and O–H groups in total. The molecule has 0 heterocycles. The molecule has 1 nitrogen and oxygen atoms in total. The maximum absolute atomic E-state index is 4.51. The summed E-state index contributed by atoms with van der Waals surface area (Å²) >= 11 is 0. The van der Waals surface area contributed by atoms with Gasteiger partial charge in [-0.3, -0.25) is 4.99 Å². The highest BCUT2D eigenvalue weighted by Crippen LogP contribution is 2.04. The summed E-state index contributed by atoms with van der Waals surface area (Å²) in [5, 5.41) is 0. The quantitative estimate of drug-likeness (QED) is 0.626. The molecule has 1 unspecified atom stereocenters. The third-order valence-electron chi connectivity index (χ3n) is 2.25. The molecule has 76 valence electrons. The van der Waals surface area contributed by atoms with Crippen LogP contribution in [-0.4, -0.2) is 12.3 Å². The zero-order valence-electron chi connectivity index (χ0n) is 9.11. The predicted octanol–water partition coefficient (Wildman–Crippen LogP) is 3.68. The Morgan fingerprint density at radius 2 is 2.00 bits per heavy atom. The van der Waals surface area contributed by atoms with E-state index in [1.54, 1.807) is 0 Å². The lowest BCUT2D eigenvalue weighted by atomic mass is 10.1. The summed E-state index contributed by atoms with van der Waals surface area (Å²) in [5.41, 5.74) is 1.19. The maximum atomic E-state index is 4.51. The summed E-state index contributed by atoms with van der Waals surface area (Å²) in [6.07, 6.45) is 5.69. The molecule has 0 fully saturated rings. The van der Waals surface area contributed by atoms with Gasteiger partial charge in [0.05, 0.1) is 0 Å². The number of hydrogen-bond acceptors (Lipinski definition) is 1. The minimum Gasteiger partial charge on any atom is -0.290 e. The Hall–Kier alpha value is -1.11. The Morgan fingerprint density at radius 1 is 1.29 bits per heavy atom. The molecule has 14 heavy (non-hydrogen) atoms. The van der Waals surface area contributed by atoms with E-state index in [0.29, 0.717) is 6.04 Å². The summed E-state index contributed by atoms with van der Waals surface area (Å²) in [4.78, 5) is 4.51. The molecule has 0 spiro atoms. The molecule has 1 aromatic rings. The highest BCUT2D eigenvalue weighted by Gasteiger charge is 1.95. The minimum atomic E-state index is 0.454. The third kappa shape index (κ3) is 4.22. The van der Waals surface area contributed by atoms with Crippen molar-refractivity contribution in [3.8, 4) is 0 Å². The van der Waals surface area contributed by atoms with E-state index in [1.165, 1.54) is 24.8 Å². The first kappa shape index (κ1) is 11.0. The Kier molecular flexibility index (Phi) is 4.98. The van der Waals surface area contributed by atoms with E-state index in [0.717, 1.165) is 0 Å². The third-order valence-corrected chi connectivity index (χ3v) is 2.25. The molecule has 1 aromatic carbocycles. The molecule has 1 atom stereocenters. The molecule has 0 amide bonds. The first-order chi connectivity index (χ1) is 6.83.